The lowest BCUT2D eigenvalue weighted by Crippen LogP contribution is -2.33. The number of thiocarbonyl (C=S) groups is 1. The van der Waals surface area contributed by atoms with E-state index in [2.05, 4.69) is 10.6 Å². The number of hydrogen-bond acceptors (Lipinski definition) is 2. The molecule has 0 aliphatic carbocycles. The highest BCUT2D eigenvalue weighted by molar-refractivity contribution is 7.80. The summed E-state index contributed by atoms with van der Waals surface area (Å²) in [5, 5.41) is 6.49. The van der Waals surface area contributed by atoms with Crippen molar-refractivity contribution in [2.75, 3.05) is 5.32 Å². The van der Waals surface area contributed by atoms with Crippen LogP contribution in [0.25, 0.3) is 6.08 Å². The Labute approximate surface area is 146 Å². The van der Waals surface area contributed by atoms with Gasteiger partial charge in [0.1, 0.15) is 0 Å². The molecule has 1 amide bonds. The normalized spacial score (nSPS) is 10.6. The van der Waals surface area contributed by atoms with Crippen molar-refractivity contribution in [3.63, 3.8) is 0 Å². The second-order valence-corrected chi connectivity index (χ2v) is 5.86. The topological polar surface area (TPSA) is 41.1 Å². The maximum absolute atomic E-state index is 11.9. The van der Waals surface area contributed by atoms with Gasteiger partial charge in [-0.25, -0.2) is 0 Å². The van der Waals surface area contributed by atoms with Crippen molar-refractivity contribution in [2.45, 2.75) is 13.8 Å². The van der Waals surface area contributed by atoms with Crippen LogP contribution in [0.3, 0.4) is 0 Å². The molecule has 0 aromatic heterocycles. The van der Waals surface area contributed by atoms with Gasteiger partial charge in [0.05, 0.1) is 0 Å². The minimum absolute atomic E-state index is 0.257. The summed E-state index contributed by atoms with van der Waals surface area (Å²) in [5.74, 6) is -0.312. The number of benzene rings is 2. The third-order valence-electron chi connectivity index (χ3n) is 3.41. The van der Waals surface area contributed by atoms with Gasteiger partial charge < -0.3 is 5.32 Å². The first kappa shape index (κ1) is 17.2. The van der Waals surface area contributed by atoms with Crippen LogP contribution in [-0.4, -0.2) is 11.0 Å². The fourth-order valence-corrected chi connectivity index (χ4v) is 2.38. The summed E-state index contributed by atoms with van der Waals surface area (Å²) >= 11 is 11.2. The molecule has 3 nitrogen and oxygen atoms in total. The minimum Gasteiger partial charge on any atom is -0.332 e. The molecule has 0 heterocycles. The highest BCUT2D eigenvalue weighted by Gasteiger charge is 2.05. The molecule has 23 heavy (non-hydrogen) atoms. The molecular formula is C18H17ClN2OS. The summed E-state index contributed by atoms with van der Waals surface area (Å²) in [5.41, 5.74) is 3.90. The lowest BCUT2D eigenvalue weighted by molar-refractivity contribution is -0.115. The SMILES string of the molecule is Cc1cccc(NC(=S)NC(=O)/C=C\c2ccccc2Cl)c1C. The van der Waals surface area contributed by atoms with E-state index in [0.29, 0.717) is 5.02 Å². The van der Waals surface area contributed by atoms with Crippen molar-refractivity contribution in [3.05, 3.63) is 70.3 Å². The Morgan fingerprint density at radius 2 is 1.87 bits per heavy atom. The summed E-state index contributed by atoms with van der Waals surface area (Å²) in [6.07, 6.45) is 3.05. The van der Waals surface area contributed by atoms with Crippen LogP contribution in [0.4, 0.5) is 5.69 Å². The van der Waals surface area contributed by atoms with Crippen molar-refractivity contribution in [2.24, 2.45) is 0 Å². The van der Waals surface area contributed by atoms with Gasteiger partial charge in [0.25, 0.3) is 0 Å². The van der Waals surface area contributed by atoms with Crippen LogP contribution in [0.2, 0.25) is 5.02 Å². The highest BCUT2D eigenvalue weighted by Crippen LogP contribution is 2.18. The first-order valence-electron chi connectivity index (χ1n) is 7.08. The first-order valence-corrected chi connectivity index (χ1v) is 7.87. The van der Waals surface area contributed by atoms with E-state index in [4.69, 9.17) is 23.8 Å². The standard InChI is InChI=1S/C18H17ClN2OS/c1-12-6-5-9-16(13(12)2)20-18(23)21-17(22)11-10-14-7-3-4-8-15(14)19/h3-11H,1-2H3,(H2,20,21,22,23)/b11-10-. The number of halogens is 1. The molecule has 0 aliphatic rings. The average Bonchev–Trinajstić information content (AvgIpc) is 2.51. The molecule has 118 valence electrons. The molecule has 0 bridgehead atoms. The van der Waals surface area contributed by atoms with Gasteiger partial charge in [0.2, 0.25) is 5.91 Å². The largest absolute Gasteiger partial charge is 0.332 e. The number of hydrogen-bond donors (Lipinski definition) is 2. The quantitative estimate of drug-likeness (QED) is 0.637. The van der Waals surface area contributed by atoms with Crippen LogP contribution >= 0.6 is 23.8 Å². The zero-order valence-corrected chi connectivity index (χ0v) is 14.5. The summed E-state index contributed by atoms with van der Waals surface area (Å²) in [6.45, 7) is 4.02. The smallest absolute Gasteiger partial charge is 0.250 e. The Hall–Kier alpha value is -2.17. The molecule has 2 N–H and O–H groups in total. The van der Waals surface area contributed by atoms with E-state index in [1.807, 2.05) is 50.2 Å². The van der Waals surface area contributed by atoms with E-state index in [1.54, 1.807) is 12.1 Å². The van der Waals surface area contributed by atoms with Crippen LogP contribution in [0.15, 0.2) is 48.5 Å². The molecule has 0 unspecified atom stereocenters. The van der Waals surface area contributed by atoms with Gasteiger partial charge in [0.15, 0.2) is 5.11 Å². The van der Waals surface area contributed by atoms with Gasteiger partial charge in [-0.1, -0.05) is 41.9 Å². The molecule has 0 radical (unpaired) electrons. The average molecular weight is 345 g/mol. The van der Waals surface area contributed by atoms with E-state index in [9.17, 15) is 4.79 Å². The summed E-state index contributed by atoms with van der Waals surface area (Å²) in [7, 11) is 0. The Bertz CT molecular complexity index is 771. The fraction of sp³-hybridized carbons (Fsp3) is 0.111. The van der Waals surface area contributed by atoms with Crippen LogP contribution in [0.5, 0.6) is 0 Å². The van der Waals surface area contributed by atoms with Crippen LogP contribution in [-0.2, 0) is 4.79 Å². The van der Waals surface area contributed by atoms with E-state index in [1.165, 1.54) is 6.08 Å². The molecule has 0 saturated heterocycles. The van der Waals surface area contributed by atoms with Crippen molar-refractivity contribution in [3.8, 4) is 0 Å². The van der Waals surface area contributed by atoms with Gasteiger partial charge in [-0.15, -0.1) is 0 Å². The van der Waals surface area contributed by atoms with Gasteiger partial charge >= 0.3 is 0 Å². The second-order valence-electron chi connectivity index (χ2n) is 5.05. The molecule has 2 rings (SSSR count). The zero-order chi connectivity index (χ0) is 16.8. The maximum Gasteiger partial charge on any atom is 0.250 e. The van der Waals surface area contributed by atoms with Crippen LogP contribution in [0.1, 0.15) is 16.7 Å². The van der Waals surface area contributed by atoms with Crippen LogP contribution in [0, 0.1) is 13.8 Å². The van der Waals surface area contributed by atoms with Gasteiger partial charge in [-0.2, -0.15) is 0 Å². The second kappa shape index (κ2) is 7.90. The fourth-order valence-electron chi connectivity index (χ4n) is 1.97. The Morgan fingerprint density at radius 1 is 1.13 bits per heavy atom. The van der Waals surface area contributed by atoms with Crippen molar-refractivity contribution in [1.29, 1.82) is 0 Å². The molecule has 0 spiro atoms. The number of carbonyl (C=O) groups excluding carboxylic acids is 1. The Kier molecular flexibility index (Phi) is 5.90. The number of carbonyl (C=O) groups is 1. The summed E-state index contributed by atoms with van der Waals surface area (Å²) in [6, 6.07) is 13.2. The third-order valence-corrected chi connectivity index (χ3v) is 3.96. The molecule has 0 atom stereocenters. The Balaban J connectivity index is 1.96. The number of anilines is 1. The van der Waals surface area contributed by atoms with Crippen molar-refractivity contribution in [1.82, 2.24) is 5.32 Å². The van der Waals surface area contributed by atoms with E-state index in [0.717, 1.165) is 22.4 Å². The van der Waals surface area contributed by atoms with Gasteiger partial charge in [0, 0.05) is 16.8 Å². The molecule has 2 aromatic rings. The number of amides is 1. The zero-order valence-electron chi connectivity index (χ0n) is 12.9. The lowest BCUT2D eigenvalue weighted by Gasteiger charge is -2.12. The lowest BCUT2D eigenvalue weighted by atomic mass is 10.1. The van der Waals surface area contributed by atoms with Gasteiger partial charge in [-0.3, -0.25) is 10.1 Å². The monoisotopic (exact) mass is 344 g/mol. The predicted molar refractivity (Wildman–Crippen MR) is 101 cm³/mol. The maximum atomic E-state index is 11.9. The summed E-state index contributed by atoms with van der Waals surface area (Å²) < 4.78 is 0. The van der Waals surface area contributed by atoms with Crippen molar-refractivity contribution < 1.29 is 4.79 Å². The van der Waals surface area contributed by atoms with Crippen molar-refractivity contribution >= 4 is 46.6 Å². The molecule has 2 aromatic carbocycles. The number of aryl methyl sites for hydroxylation is 1. The highest BCUT2D eigenvalue weighted by atomic mass is 35.5. The molecule has 0 aliphatic heterocycles. The first-order chi connectivity index (χ1) is 11.0. The molecule has 0 saturated carbocycles. The van der Waals surface area contributed by atoms with E-state index in [-0.39, 0.29) is 11.0 Å². The Morgan fingerprint density at radius 3 is 2.61 bits per heavy atom. The molecule has 0 fully saturated rings. The van der Waals surface area contributed by atoms with Gasteiger partial charge in [-0.05, 0) is 61.0 Å². The number of nitrogens with one attached hydrogen (secondary N) is 2. The van der Waals surface area contributed by atoms with E-state index < -0.39 is 0 Å². The summed E-state index contributed by atoms with van der Waals surface area (Å²) in [4.78, 5) is 11.9. The molecular weight excluding hydrogens is 328 g/mol. The molecule has 5 heteroatoms. The predicted octanol–water partition coefficient (Wildman–Crippen LogP) is 4.48. The van der Waals surface area contributed by atoms with E-state index >= 15 is 0 Å². The minimum atomic E-state index is -0.312. The number of rotatable bonds is 3. The van der Waals surface area contributed by atoms with Crippen LogP contribution < -0.4 is 10.6 Å². The third kappa shape index (κ3) is 4.91.